The van der Waals surface area contributed by atoms with E-state index < -0.39 is 0 Å². The maximum Gasteiger partial charge on any atom is 0.222 e. The van der Waals surface area contributed by atoms with E-state index in [9.17, 15) is 4.79 Å². The fraction of sp³-hybridized carbons (Fsp3) is 0.923. The van der Waals surface area contributed by atoms with Crippen LogP contribution in [0.15, 0.2) is 0 Å². The van der Waals surface area contributed by atoms with Gasteiger partial charge in [0, 0.05) is 19.5 Å². The van der Waals surface area contributed by atoms with E-state index >= 15 is 0 Å². The third kappa shape index (κ3) is 4.23. The van der Waals surface area contributed by atoms with Gasteiger partial charge in [0.2, 0.25) is 5.91 Å². The highest BCUT2D eigenvalue weighted by atomic mass is 16.2. The van der Waals surface area contributed by atoms with Crippen LogP contribution in [0.25, 0.3) is 0 Å². The van der Waals surface area contributed by atoms with Crippen LogP contribution in [-0.2, 0) is 4.79 Å². The molecule has 1 aliphatic rings. The molecule has 0 spiro atoms. The third-order valence-corrected chi connectivity index (χ3v) is 3.01. The standard InChI is InChI=1S/C13H25NO/c1-10(2)7-12-5-6-14(9-11(3)4)13(15)8-12/h10-12H,5-9H2,1-4H3. The van der Waals surface area contributed by atoms with Crippen LogP contribution in [0.5, 0.6) is 0 Å². The maximum atomic E-state index is 11.8. The number of hydrogen-bond donors (Lipinski definition) is 0. The van der Waals surface area contributed by atoms with Crippen LogP contribution in [0, 0.1) is 17.8 Å². The number of piperidine rings is 1. The third-order valence-electron chi connectivity index (χ3n) is 3.01. The largest absolute Gasteiger partial charge is 0.342 e. The van der Waals surface area contributed by atoms with Crippen molar-refractivity contribution >= 4 is 5.91 Å². The molecule has 88 valence electrons. The molecule has 2 heteroatoms. The average molecular weight is 211 g/mol. The lowest BCUT2D eigenvalue weighted by atomic mass is 9.88. The highest BCUT2D eigenvalue weighted by Gasteiger charge is 2.26. The summed E-state index contributed by atoms with van der Waals surface area (Å²) in [5, 5.41) is 0. The van der Waals surface area contributed by atoms with E-state index in [1.165, 1.54) is 12.8 Å². The van der Waals surface area contributed by atoms with Crippen molar-refractivity contribution in [2.24, 2.45) is 17.8 Å². The van der Waals surface area contributed by atoms with Crippen molar-refractivity contribution in [3.05, 3.63) is 0 Å². The Kier molecular flexibility index (Phi) is 4.62. The van der Waals surface area contributed by atoms with Crippen molar-refractivity contribution < 1.29 is 4.79 Å². The van der Waals surface area contributed by atoms with Gasteiger partial charge in [0.1, 0.15) is 0 Å². The first-order chi connectivity index (χ1) is 6.99. The molecule has 0 aromatic heterocycles. The molecule has 1 aliphatic heterocycles. The smallest absolute Gasteiger partial charge is 0.222 e. The van der Waals surface area contributed by atoms with Gasteiger partial charge >= 0.3 is 0 Å². The molecule has 0 aromatic carbocycles. The average Bonchev–Trinajstić information content (AvgIpc) is 2.08. The van der Waals surface area contributed by atoms with Crippen molar-refractivity contribution in [1.82, 2.24) is 4.90 Å². The number of hydrogen-bond acceptors (Lipinski definition) is 1. The van der Waals surface area contributed by atoms with E-state index in [2.05, 4.69) is 27.7 Å². The molecule has 1 rings (SSSR count). The fourth-order valence-electron chi connectivity index (χ4n) is 2.44. The number of carbonyl (C=O) groups excluding carboxylic acids is 1. The van der Waals surface area contributed by atoms with E-state index in [0.29, 0.717) is 17.7 Å². The van der Waals surface area contributed by atoms with Crippen molar-refractivity contribution in [3.63, 3.8) is 0 Å². The number of likely N-dealkylation sites (tertiary alicyclic amines) is 1. The van der Waals surface area contributed by atoms with Crippen molar-refractivity contribution in [1.29, 1.82) is 0 Å². The van der Waals surface area contributed by atoms with E-state index in [4.69, 9.17) is 0 Å². The summed E-state index contributed by atoms with van der Waals surface area (Å²) in [7, 11) is 0. The molecule has 1 unspecified atom stereocenters. The minimum atomic E-state index is 0.376. The van der Waals surface area contributed by atoms with Crippen LogP contribution in [0.4, 0.5) is 0 Å². The van der Waals surface area contributed by atoms with E-state index in [1.807, 2.05) is 4.90 Å². The maximum absolute atomic E-state index is 11.8. The topological polar surface area (TPSA) is 20.3 Å². The minimum absolute atomic E-state index is 0.376. The van der Waals surface area contributed by atoms with Gasteiger partial charge in [-0.05, 0) is 30.6 Å². The van der Waals surface area contributed by atoms with Crippen molar-refractivity contribution in [3.8, 4) is 0 Å². The predicted molar refractivity (Wildman–Crippen MR) is 63.6 cm³/mol. The summed E-state index contributed by atoms with van der Waals surface area (Å²) in [5.41, 5.74) is 0. The molecule has 1 atom stereocenters. The normalized spacial score (nSPS) is 22.9. The van der Waals surface area contributed by atoms with Crippen LogP contribution in [-0.4, -0.2) is 23.9 Å². The van der Waals surface area contributed by atoms with Gasteiger partial charge in [-0.3, -0.25) is 4.79 Å². The van der Waals surface area contributed by atoms with E-state index in [0.717, 1.165) is 25.4 Å². The van der Waals surface area contributed by atoms with Crippen LogP contribution in [0.2, 0.25) is 0 Å². The van der Waals surface area contributed by atoms with Crippen LogP contribution in [0.1, 0.15) is 47.0 Å². The first-order valence-electron chi connectivity index (χ1n) is 6.26. The quantitative estimate of drug-likeness (QED) is 0.700. The summed E-state index contributed by atoms with van der Waals surface area (Å²) < 4.78 is 0. The number of amides is 1. The molecule has 1 amide bonds. The zero-order valence-electron chi connectivity index (χ0n) is 10.6. The van der Waals surface area contributed by atoms with Crippen molar-refractivity contribution in [2.75, 3.05) is 13.1 Å². The monoisotopic (exact) mass is 211 g/mol. The molecule has 2 nitrogen and oxygen atoms in total. The Morgan fingerprint density at radius 2 is 1.93 bits per heavy atom. The summed E-state index contributed by atoms with van der Waals surface area (Å²) in [6.45, 7) is 10.7. The first-order valence-corrected chi connectivity index (χ1v) is 6.26. The Hall–Kier alpha value is -0.530. The first kappa shape index (κ1) is 12.5. The summed E-state index contributed by atoms with van der Waals surface area (Å²) in [6.07, 6.45) is 3.20. The lowest BCUT2D eigenvalue weighted by Crippen LogP contribution is -2.41. The predicted octanol–water partition coefficient (Wildman–Crippen LogP) is 2.93. The molecule has 15 heavy (non-hydrogen) atoms. The summed E-state index contributed by atoms with van der Waals surface area (Å²) in [4.78, 5) is 13.9. The number of nitrogens with zero attached hydrogens (tertiary/aromatic N) is 1. The lowest BCUT2D eigenvalue weighted by Gasteiger charge is -2.33. The molecule has 1 saturated heterocycles. The Morgan fingerprint density at radius 1 is 1.27 bits per heavy atom. The van der Waals surface area contributed by atoms with Gasteiger partial charge in [-0.25, -0.2) is 0 Å². The number of rotatable bonds is 4. The molecule has 0 radical (unpaired) electrons. The van der Waals surface area contributed by atoms with Gasteiger partial charge in [0.15, 0.2) is 0 Å². The van der Waals surface area contributed by atoms with Gasteiger partial charge in [0.05, 0.1) is 0 Å². The molecule has 1 heterocycles. The Balaban J connectivity index is 2.37. The Bertz CT molecular complexity index is 211. The fourth-order valence-corrected chi connectivity index (χ4v) is 2.44. The van der Waals surface area contributed by atoms with Gasteiger partial charge in [-0.1, -0.05) is 27.7 Å². The highest BCUT2D eigenvalue weighted by molar-refractivity contribution is 5.77. The number of carbonyl (C=O) groups is 1. The second kappa shape index (κ2) is 5.53. The molecule has 0 aromatic rings. The van der Waals surface area contributed by atoms with Gasteiger partial charge in [-0.15, -0.1) is 0 Å². The van der Waals surface area contributed by atoms with Gasteiger partial charge in [0.25, 0.3) is 0 Å². The molecule has 1 fully saturated rings. The molecule has 0 bridgehead atoms. The van der Waals surface area contributed by atoms with Gasteiger partial charge in [-0.2, -0.15) is 0 Å². The second-order valence-corrected chi connectivity index (χ2v) is 5.72. The zero-order valence-corrected chi connectivity index (χ0v) is 10.6. The van der Waals surface area contributed by atoms with E-state index in [1.54, 1.807) is 0 Å². The molecule has 0 aliphatic carbocycles. The van der Waals surface area contributed by atoms with Gasteiger partial charge < -0.3 is 4.90 Å². The zero-order chi connectivity index (χ0) is 11.4. The van der Waals surface area contributed by atoms with Crippen molar-refractivity contribution in [2.45, 2.75) is 47.0 Å². The van der Waals surface area contributed by atoms with Crippen LogP contribution in [0.3, 0.4) is 0 Å². The molecule has 0 saturated carbocycles. The van der Waals surface area contributed by atoms with Crippen LogP contribution < -0.4 is 0 Å². The molecular formula is C13H25NO. The SMILES string of the molecule is CC(C)CC1CCN(CC(C)C)C(=O)C1. The summed E-state index contributed by atoms with van der Waals surface area (Å²) >= 11 is 0. The highest BCUT2D eigenvalue weighted by Crippen LogP contribution is 2.25. The van der Waals surface area contributed by atoms with E-state index in [-0.39, 0.29) is 0 Å². The Labute approximate surface area is 94.0 Å². The molecule has 0 N–H and O–H groups in total. The summed E-state index contributed by atoms with van der Waals surface area (Å²) in [6, 6.07) is 0. The molecular weight excluding hydrogens is 186 g/mol. The minimum Gasteiger partial charge on any atom is -0.342 e. The second-order valence-electron chi connectivity index (χ2n) is 5.72. The summed E-state index contributed by atoms with van der Waals surface area (Å²) in [5.74, 6) is 2.33. The van der Waals surface area contributed by atoms with Crippen LogP contribution >= 0.6 is 0 Å². The lowest BCUT2D eigenvalue weighted by molar-refractivity contribution is -0.135. The Morgan fingerprint density at radius 3 is 2.40 bits per heavy atom.